The van der Waals surface area contributed by atoms with Gasteiger partial charge in [0.1, 0.15) is 11.9 Å². The first-order chi connectivity index (χ1) is 10.4. The molecule has 2 heterocycles. The molecule has 2 aromatic rings. The molecule has 0 aliphatic heterocycles. The summed E-state index contributed by atoms with van der Waals surface area (Å²) in [6.07, 6.45) is 1.54. The molecule has 0 fully saturated rings. The van der Waals surface area contributed by atoms with E-state index in [-0.39, 0.29) is 18.0 Å². The van der Waals surface area contributed by atoms with Gasteiger partial charge in [-0.1, -0.05) is 0 Å². The monoisotopic (exact) mass is 306 g/mol. The largest absolute Gasteiger partial charge is 0.350 e. The fourth-order valence-electron chi connectivity index (χ4n) is 2.12. The number of hydrogen-bond donors (Lipinski definition) is 1. The molecule has 0 spiro atoms. The molecule has 0 bridgehead atoms. The van der Waals surface area contributed by atoms with Gasteiger partial charge in [0.05, 0.1) is 22.9 Å². The van der Waals surface area contributed by atoms with E-state index in [1.165, 1.54) is 10.9 Å². The zero-order valence-electron chi connectivity index (χ0n) is 12.7. The number of nitro groups is 1. The fourth-order valence-corrected chi connectivity index (χ4v) is 2.12. The minimum Gasteiger partial charge on any atom is -0.350 e. The molecule has 2 rings (SSSR count). The lowest BCUT2D eigenvalue weighted by molar-refractivity contribution is -0.385. The Labute approximate surface area is 127 Å². The standard InChI is InChI=1S/C13H18N6O3/c1-9-6-11(17(3)15-9)7-14-13(20)4-5-18-8-12(19(21)22)10(2)16-18/h6,8H,4-5,7H2,1-3H3,(H,14,20). The third-order valence-corrected chi connectivity index (χ3v) is 3.25. The van der Waals surface area contributed by atoms with Gasteiger partial charge in [-0.15, -0.1) is 0 Å². The Bertz CT molecular complexity index is 703. The average Bonchev–Trinajstić information content (AvgIpc) is 2.96. The van der Waals surface area contributed by atoms with Crippen molar-refractivity contribution in [2.75, 3.05) is 0 Å². The minimum atomic E-state index is -0.482. The van der Waals surface area contributed by atoms with Crippen LogP contribution in [-0.2, 0) is 24.9 Å². The van der Waals surface area contributed by atoms with Crippen molar-refractivity contribution in [3.05, 3.63) is 39.5 Å². The van der Waals surface area contributed by atoms with Crippen LogP contribution in [0.1, 0.15) is 23.5 Å². The summed E-state index contributed by atoms with van der Waals surface area (Å²) < 4.78 is 3.14. The molecule has 0 aliphatic rings. The van der Waals surface area contributed by atoms with Gasteiger partial charge in [0, 0.05) is 20.0 Å². The Hall–Kier alpha value is -2.71. The highest BCUT2D eigenvalue weighted by Crippen LogP contribution is 2.15. The molecular formula is C13H18N6O3. The zero-order valence-corrected chi connectivity index (χ0v) is 12.7. The highest BCUT2D eigenvalue weighted by molar-refractivity contribution is 5.75. The third-order valence-electron chi connectivity index (χ3n) is 3.25. The van der Waals surface area contributed by atoms with Crippen molar-refractivity contribution in [2.45, 2.75) is 33.4 Å². The molecule has 0 aromatic carbocycles. The molecular weight excluding hydrogens is 288 g/mol. The summed E-state index contributed by atoms with van der Waals surface area (Å²) in [5.74, 6) is -0.144. The maximum Gasteiger partial charge on any atom is 0.309 e. The van der Waals surface area contributed by atoms with E-state index in [0.717, 1.165) is 11.4 Å². The smallest absolute Gasteiger partial charge is 0.309 e. The summed E-state index contributed by atoms with van der Waals surface area (Å²) in [6, 6.07) is 1.90. The van der Waals surface area contributed by atoms with E-state index in [1.54, 1.807) is 11.6 Å². The van der Waals surface area contributed by atoms with Crippen molar-refractivity contribution in [3.63, 3.8) is 0 Å². The van der Waals surface area contributed by atoms with Crippen molar-refractivity contribution in [1.29, 1.82) is 0 Å². The van der Waals surface area contributed by atoms with Crippen LogP contribution in [0.25, 0.3) is 0 Å². The van der Waals surface area contributed by atoms with Gasteiger partial charge in [-0.25, -0.2) is 0 Å². The number of aromatic nitrogens is 4. The topological polar surface area (TPSA) is 108 Å². The molecule has 0 atom stereocenters. The number of amides is 1. The first kappa shape index (κ1) is 15.7. The number of hydrogen-bond acceptors (Lipinski definition) is 5. The number of nitrogens with zero attached hydrogens (tertiary/aromatic N) is 5. The molecule has 0 aliphatic carbocycles. The van der Waals surface area contributed by atoms with E-state index in [0.29, 0.717) is 18.8 Å². The van der Waals surface area contributed by atoms with Gasteiger partial charge in [-0.3, -0.25) is 24.3 Å². The van der Waals surface area contributed by atoms with Gasteiger partial charge < -0.3 is 5.32 Å². The Kier molecular flexibility index (Phi) is 4.54. The number of carbonyl (C=O) groups excluding carboxylic acids is 1. The Morgan fingerprint density at radius 3 is 2.68 bits per heavy atom. The van der Waals surface area contributed by atoms with Crippen LogP contribution in [0.5, 0.6) is 0 Å². The second-order valence-corrected chi connectivity index (χ2v) is 5.05. The first-order valence-electron chi connectivity index (χ1n) is 6.81. The fraction of sp³-hybridized carbons (Fsp3) is 0.462. The van der Waals surface area contributed by atoms with Crippen molar-refractivity contribution < 1.29 is 9.72 Å². The van der Waals surface area contributed by atoms with Crippen LogP contribution in [-0.4, -0.2) is 30.4 Å². The molecule has 9 nitrogen and oxygen atoms in total. The lowest BCUT2D eigenvalue weighted by Gasteiger charge is -2.05. The van der Waals surface area contributed by atoms with E-state index in [4.69, 9.17) is 0 Å². The first-order valence-corrected chi connectivity index (χ1v) is 6.81. The van der Waals surface area contributed by atoms with Crippen LogP contribution in [0.3, 0.4) is 0 Å². The predicted molar refractivity (Wildman–Crippen MR) is 78.0 cm³/mol. The molecule has 9 heteroatoms. The van der Waals surface area contributed by atoms with Gasteiger partial charge in [0.15, 0.2) is 0 Å². The van der Waals surface area contributed by atoms with E-state index >= 15 is 0 Å². The zero-order chi connectivity index (χ0) is 16.3. The average molecular weight is 306 g/mol. The van der Waals surface area contributed by atoms with E-state index < -0.39 is 4.92 Å². The number of aryl methyl sites for hydroxylation is 4. The molecule has 118 valence electrons. The van der Waals surface area contributed by atoms with E-state index in [9.17, 15) is 14.9 Å². The van der Waals surface area contributed by atoms with Gasteiger partial charge in [0.25, 0.3) is 0 Å². The quantitative estimate of drug-likeness (QED) is 0.628. The highest BCUT2D eigenvalue weighted by atomic mass is 16.6. The van der Waals surface area contributed by atoms with E-state index in [1.807, 2.05) is 20.0 Å². The van der Waals surface area contributed by atoms with Crippen molar-refractivity contribution in [1.82, 2.24) is 24.9 Å². The molecule has 1 amide bonds. The van der Waals surface area contributed by atoms with Crippen LogP contribution in [0, 0.1) is 24.0 Å². The van der Waals surface area contributed by atoms with Crippen LogP contribution in [0.15, 0.2) is 12.3 Å². The normalized spacial score (nSPS) is 10.7. The number of rotatable bonds is 6. The Balaban J connectivity index is 1.84. The van der Waals surface area contributed by atoms with Gasteiger partial charge in [-0.05, 0) is 19.9 Å². The van der Waals surface area contributed by atoms with Crippen LogP contribution >= 0.6 is 0 Å². The van der Waals surface area contributed by atoms with Crippen LogP contribution in [0.2, 0.25) is 0 Å². The molecule has 2 aromatic heterocycles. The van der Waals surface area contributed by atoms with Crippen molar-refractivity contribution in [3.8, 4) is 0 Å². The maximum atomic E-state index is 11.8. The Morgan fingerprint density at radius 2 is 2.14 bits per heavy atom. The summed E-state index contributed by atoms with van der Waals surface area (Å²) in [7, 11) is 1.82. The Morgan fingerprint density at radius 1 is 1.41 bits per heavy atom. The van der Waals surface area contributed by atoms with Crippen LogP contribution in [0.4, 0.5) is 5.69 Å². The van der Waals surface area contributed by atoms with Crippen molar-refractivity contribution in [2.24, 2.45) is 7.05 Å². The number of carbonyl (C=O) groups is 1. The summed E-state index contributed by atoms with van der Waals surface area (Å²) >= 11 is 0. The second-order valence-electron chi connectivity index (χ2n) is 5.05. The lowest BCUT2D eigenvalue weighted by atomic mass is 10.3. The molecule has 0 saturated carbocycles. The SMILES string of the molecule is Cc1cc(CNC(=O)CCn2cc([N+](=O)[O-])c(C)n2)n(C)n1. The minimum absolute atomic E-state index is 0.0363. The van der Waals surface area contributed by atoms with Gasteiger partial charge in [-0.2, -0.15) is 10.2 Å². The molecule has 0 radical (unpaired) electrons. The summed E-state index contributed by atoms with van der Waals surface area (Å²) in [5.41, 5.74) is 2.11. The van der Waals surface area contributed by atoms with Crippen molar-refractivity contribution >= 4 is 11.6 Å². The molecule has 22 heavy (non-hydrogen) atoms. The van der Waals surface area contributed by atoms with Crippen LogP contribution < -0.4 is 5.32 Å². The molecule has 0 saturated heterocycles. The molecule has 0 unspecified atom stereocenters. The second kappa shape index (κ2) is 6.37. The summed E-state index contributed by atoms with van der Waals surface area (Å²) in [4.78, 5) is 22.1. The lowest BCUT2D eigenvalue weighted by Crippen LogP contribution is -2.25. The maximum absolute atomic E-state index is 11.8. The highest BCUT2D eigenvalue weighted by Gasteiger charge is 2.15. The van der Waals surface area contributed by atoms with Gasteiger partial charge in [0.2, 0.25) is 5.91 Å². The predicted octanol–water partition coefficient (Wildman–Crippen LogP) is 0.848. The van der Waals surface area contributed by atoms with E-state index in [2.05, 4.69) is 15.5 Å². The number of nitrogens with one attached hydrogen (secondary N) is 1. The molecule has 1 N–H and O–H groups in total. The summed E-state index contributed by atoms with van der Waals surface area (Å²) in [6.45, 7) is 4.15. The third kappa shape index (κ3) is 3.68. The summed E-state index contributed by atoms with van der Waals surface area (Å²) in [5, 5.41) is 21.7. The van der Waals surface area contributed by atoms with Gasteiger partial charge >= 0.3 is 5.69 Å².